The van der Waals surface area contributed by atoms with Crippen molar-refractivity contribution in [1.29, 1.82) is 0 Å². The van der Waals surface area contributed by atoms with E-state index >= 15 is 0 Å². The molecule has 2 aliphatic rings. The van der Waals surface area contributed by atoms with Crippen molar-refractivity contribution in [3.8, 4) is 23.0 Å². The van der Waals surface area contributed by atoms with Crippen LogP contribution in [0, 0.1) is 5.92 Å². The Bertz CT molecular complexity index is 1110. The van der Waals surface area contributed by atoms with Gasteiger partial charge in [-0.2, -0.15) is 8.78 Å². The van der Waals surface area contributed by atoms with Gasteiger partial charge in [0.1, 0.15) is 0 Å². The summed E-state index contributed by atoms with van der Waals surface area (Å²) in [4.78, 5) is 31.1. The second kappa shape index (κ2) is 13.1. The van der Waals surface area contributed by atoms with E-state index in [2.05, 4.69) is 15.0 Å². The maximum absolute atomic E-state index is 13.1. The van der Waals surface area contributed by atoms with Crippen molar-refractivity contribution >= 4 is 24.4 Å². The molecule has 1 saturated heterocycles. The van der Waals surface area contributed by atoms with Crippen LogP contribution in [0.5, 0.6) is 11.5 Å². The first kappa shape index (κ1) is 29.4. The highest BCUT2D eigenvalue weighted by atomic mass is 35.5. The largest absolute Gasteiger partial charge is 0.489 e. The van der Waals surface area contributed by atoms with Crippen LogP contribution in [0.15, 0.2) is 22.6 Å². The summed E-state index contributed by atoms with van der Waals surface area (Å²) in [5, 5.41) is 2.83. The first-order valence-corrected chi connectivity index (χ1v) is 12.4. The summed E-state index contributed by atoms with van der Waals surface area (Å²) < 4.78 is 46.7. The van der Waals surface area contributed by atoms with Crippen LogP contribution in [0.3, 0.4) is 0 Å². The summed E-state index contributed by atoms with van der Waals surface area (Å²) in [5.74, 6) is 0.195. The summed E-state index contributed by atoms with van der Waals surface area (Å²) in [6, 6.07) is 3.49. The topological polar surface area (TPSA) is 129 Å². The van der Waals surface area contributed by atoms with Crippen LogP contribution in [0.1, 0.15) is 61.3 Å². The molecule has 2 atom stereocenters. The maximum Gasteiger partial charge on any atom is 0.409 e. The fourth-order valence-corrected chi connectivity index (χ4v) is 4.23. The number of benzene rings is 1. The number of methoxy groups -OCH3 is 1. The van der Waals surface area contributed by atoms with Gasteiger partial charge in [0.15, 0.2) is 23.0 Å². The van der Waals surface area contributed by atoms with E-state index in [1.165, 1.54) is 25.3 Å². The molecule has 3 N–H and O–H groups in total. The number of rotatable bonds is 10. The second-order valence-corrected chi connectivity index (χ2v) is 9.34. The number of nitrogens with two attached hydrogens (primary N) is 1. The van der Waals surface area contributed by atoms with Crippen LogP contribution in [0.4, 0.5) is 13.6 Å². The van der Waals surface area contributed by atoms with Crippen molar-refractivity contribution in [1.82, 2.24) is 15.2 Å². The van der Waals surface area contributed by atoms with E-state index in [-0.39, 0.29) is 53.8 Å². The molecule has 13 heteroatoms. The van der Waals surface area contributed by atoms with E-state index in [0.29, 0.717) is 24.6 Å². The number of ether oxygens (including phenoxy) is 3. The van der Waals surface area contributed by atoms with Gasteiger partial charge < -0.3 is 34.6 Å². The number of carbonyl (C=O) groups excluding carboxylic acids is 2. The van der Waals surface area contributed by atoms with Gasteiger partial charge in [-0.05, 0) is 63.1 Å². The maximum atomic E-state index is 13.1. The Morgan fingerprint density at radius 2 is 2.00 bits per heavy atom. The zero-order valence-corrected chi connectivity index (χ0v) is 22.1. The van der Waals surface area contributed by atoms with E-state index < -0.39 is 24.7 Å². The van der Waals surface area contributed by atoms with Gasteiger partial charge in [0.2, 0.25) is 5.89 Å². The minimum Gasteiger partial charge on any atom is -0.489 e. The SMILES string of the molecule is COC(=O)N1CCCCC1CNC(=O)c1nc(-c2ccc(OC(F)F)c(OCC3CC3)c2)oc1C(C)N.Cl. The Morgan fingerprint density at radius 3 is 2.66 bits per heavy atom. The molecule has 38 heavy (non-hydrogen) atoms. The van der Waals surface area contributed by atoms with Crippen LogP contribution < -0.4 is 20.5 Å². The highest BCUT2D eigenvalue weighted by molar-refractivity contribution is 5.94. The lowest BCUT2D eigenvalue weighted by Crippen LogP contribution is -2.49. The smallest absolute Gasteiger partial charge is 0.409 e. The fourth-order valence-electron chi connectivity index (χ4n) is 4.23. The molecule has 2 heterocycles. The van der Waals surface area contributed by atoms with Crippen LogP contribution in [0.2, 0.25) is 0 Å². The molecule has 0 spiro atoms. The summed E-state index contributed by atoms with van der Waals surface area (Å²) in [6.07, 6.45) is 4.16. The van der Waals surface area contributed by atoms with Crippen molar-refractivity contribution in [2.24, 2.45) is 11.7 Å². The zero-order valence-electron chi connectivity index (χ0n) is 21.3. The third kappa shape index (κ3) is 7.25. The molecule has 2 aromatic rings. The lowest BCUT2D eigenvalue weighted by atomic mass is 10.0. The molecule has 1 saturated carbocycles. The van der Waals surface area contributed by atoms with E-state index in [9.17, 15) is 18.4 Å². The number of hydrogen-bond donors (Lipinski definition) is 2. The average Bonchev–Trinajstić information content (AvgIpc) is 3.60. The van der Waals surface area contributed by atoms with Gasteiger partial charge in [-0.3, -0.25) is 4.79 Å². The first-order chi connectivity index (χ1) is 17.8. The number of carbonyl (C=O) groups is 2. The highest BCUT2D eigenvalue weighted by Gasteiger charge is 2.30. The van der Waals surface area contributed by atoms with Crippen LogP contribution in [0.25, 0.3) is 11.5 Å². The van der Waals surface area contributed by atoms with Crippen molar-refractivity contribution < 1.29 is 37.0 Å². The predicted octanol–water partition coefficient (Wildman–Crippen LogP) is 4.52. The number of alkyl halides is 2. The minimum absolute atomic E-state index is 0. The Morgan fingerprint density at radius 1 is 1.24 bits per heavy atom. The number of amides is 2. The van der Waals surface area contributed by atoms with Gasteiger partial charge in [0.05, 0.1) is 25.8 Å². The molecular formula is C25H33ClF2N4O6. The second-order valence-electron chi connectivity index (χ2n) is 9.34. The molecule has 1 aromatic heterocycles. The van der Waals surface area contributed by atoms with Crippen molar-refractivity contribution in [3.63, 3.8) is 0 Å². The van der Waals surface area contributed by atoms with Crippen molar-refractivity contribution in [3.05, 3.63) is 29.7 Å². The molecule has 210 valence electrons. The summed E-state index contributed by atoms with van der Waals surface area (Å²) in [6.45, 7) is -0.187. The normalized spacial score (nSPS) is 17.9. The van der Waals surface area contributed by atoms with Gasteiger partial charge in [-0.25, -0.2) is 9.78 Å². The van der Waals surface area contributed by atoms with Crippen LogP contribution >= 0.6 is 12.4 Å². The van der Waals surface area contributed by atoms with Gasteiger partial charge in [0, 0.05) is 18.7 Å². The predicted molar refractivity (Wildman–Crippen MR) is 136 cm³/mol. The van der Waals surface area contributed by atoms with Crippen molar-refractivity contribution in [2.45, 2.75) is 57.7 Å². The average molecular weight is 559 g/mol. The molecule has 2 unspecified atom stereocenters. The summed E-state index contributed by atoms with van der Waals surface area (Å²) in [5.41, 5.74) is 6.48. The number of aromatic nitrogens is 1. The third-order valence-electron chi connectivity index (χ3n) is 6.39. The number of piperidine rings is 1. The zero-order chi connectivity index (χ0) is 26.5. The lowest BCUT2D eigenvalue weighted by molar-refractivity contribution is -0.0515. The standard InChI is InChI=1S/C25H32F2N4O6.ClH/c1-14(28)21-20(22(32)29-12-17-5-3-4-10-31(17)25(33)34-2)30-23(37-21)16-8-9-18(36-24(26)27)19(11-16)35-13-15-6-7-15;/h8-9,11,14-15,17,24H,3-7,10,12-13,28H2,1-2H3,(H,29,32);1H. The first-order valence-electron chi connectivity index (χ1n) is 12.4. The monoisotopic (exact) mass is 558 g/mol. The quantitative estimate of drug-likeness (QED) is 0.435. The molecule has 1 aromatic carbocycles. The number of likely N-dealkylation sites (tertiary alicyclic amines) is 1. The Kier molecular flexibility index (Phi) is 10.1. The van der Waals surface area contributed by atoms with Crippen LogP contribution in [-0.4, -0.2) is 61.3 Å². The van der Waals surface area contributed by atoms with E-state index in [1.54, 1.807) is 11.8 Å². The Labute approximate surface area is 225 Å². The van der Waals surface area contributed by atoms with Gasteiger partial charge >= 0.3 is 12.7 Å². The third-order valence-corrected chi connectivity index (χ3v) is 6.39. The summed E-state index contributed by atoms with van der Waals surface area (Å²) in [7, 11) is 1.33. The van der Waals surface area contributed by atoms with Gasteiger partial charge in [-0.15, -0.1) is 12.4 Å². The van der Waals surface area contributed by atoms with Crippen LogP contribution in [-0.2, 0) is 4.74 Å². The number of nitrogens with one attached hydrogen (secondary N) is 1. The number of oxazole rings is 1. The molecule has 1 aliphatic heterocycles. The van der Waals surface area contributed by atoms with Crippen molar-refractivity contribution in [2.75, 3.05) is 26.8 Å². The Hall–Kier alpha value is -3.12. The minimum atomic E-state index is -3.00. The molecule has 1 aliphatic carbocycles. The molecule has 10 nitrogen and oxygen atoms in total. The molecule has 2 fully saturated rings. The molecule has 2 amide bonds. The Balaban J connectivity index is 0.00000400. The molecule has 4 rings (SSSR count). The fraction of sp³-hybridized carbons (Fsp3) is 0.560. The molecule has 0 radical (unpaired) electrons. The van der Waals surface area contributed by atoms with E-state index in [1.807, 2.05) is 0 Å². The lowest BCUT2D eigenvalue weighted by Gasteiger charge is -2.34. The number of hydrogen-bond acceptors (Lipinski definition) is 8. The van der Waals surface area contributed by atoms with Gasteiger partial charge in [0.25, 0.3) is 5.91 Å². The number of nitrogens with zero attached hydrogens (tertiary/aromatic N) is 2. The molecular weight excluding hydrogens is 526 g/mol. The van der Waals surface area contributed by atoms with E-state index in [4.69, 9.17) is 19.6 Å². The summed E-state index contributed by atoms with van der Waals surface area (Å²) >= 11 is 0. The highest BCUT2D eigenvalue weighted by Crippen LogP contribution is 2.37. The number of halogens is 3. The van der Waals surface area contributed by atoms with Gasteiger partial charge in [-0.1, -0.05) is 0 Å². The van der Waals surface area contributed by atoms with E-state index in [0.717, 1.165) is 32.1 Å². The molecule has 0 bridgehead atoms.